The molecule has 128 valence electrons. The van der Waals surface area contributed by atoms with E-state index >= 15 is 0 Å². The molecule has 24 heavy (non-hydrogen) atoms. The van der Waals surface area contributed by atoms with E-state index in [1.54, 1.807) is 0 Å². The van der Waals surface area contributed by atoms with Crippen molar-refractivity contribution in [2.45, 2.75) is 28.7 Å². The summed E-state index contributed by atoms with van der Waals surface area (Å²) in [5.41, 5.74) is 0.889. The second-order valence-corrected chi connectivity index (χ2v) is 9.73. The average Bonchev–Trinajstić information content (AvgIpc) is 3.37. The third-order valence-electron chi connectivity index (χ3n) is 4.07. The van der Waals surface area contributed by atoms with Gasteiger partial charge < -0.3 is 0 Å². The first-order valence-electron chi connectivity index (χ1n) is 7.65. The zero-order valence-electron chi connectivity index (χ0n) is 13.2. The van der Waals surface area contributed by atoms with E-state index in [2.05, 4.69) is 4.72 Å². The van der Waals surface area contributed by atoms with Gasteiger partial charge in [0, 0.05) is 12.3 Å². The fourth-order valence-electron chi connectivity index (χ4n) is 2.74. The highest BCUT2D eigenvalue weighted by Crippen LogP contribution is 2.41. The summed E-state index contributed by atoms with van der Waals surface area (Å²) < 4.78 is 52.2. The van der Waals surface area contributed by atoms with Gasteiger partial charge in [0.2, 0.25) is 10.0 Å². The first-order valence-corrected chi connectivity index (χ1v) is 11.0. The number of hydrogen-bond donors (Lipinski definition) is 1. The Morgan fingerprint density at radius 1 is 0.875 bits per heavy atom. The highest BCUT2D eigenvalue weighted by atomic mass is 32.2. The Kier molecular flexibility index (Phi) is 4.50. The number of sulfone groups is 1. The van der Waals surface area contributed by atoms with Gasteiger partial charge in [-0.1, -0.05) is 42.5 Å². The van der Waals surface area contributed by atoms with Crippen LogP contribution < -0.4 is 4.72 Å². The van der Waals surface area contributed by atoms with Gasteiger partial charge in [0.1, 0.15) is 4.90 Å². The number of sulfonamides is 1. The predicted molar refractivity (Wildman–Crippen MR) is 91.8 cm³/mol. The molecule has 1 aliphatic carbocycles. The zero-order valence-corrected chi connectivity index (χ0v) is 14.8. The smallest absolute Gasteiger partial charge is 0.224 e. The molecule has 0 heterocycles. The first-order chi connectivity index (χ1) is 11.3. The van der Waals surface area contributed by atoms with Crippen molar-refractivity contribution in [2.75, 3.05) is 6.26 Å². The normalized spacial score (nSPS) is 16.7. The standard InChI is InChI=1S/C17H19NO4S2/c1-23(19,20)15-9-5-6-10-16(15)24(21,22)18-17(14-11-12-14)13-7-3-2-4-8-13/h2-10,14,17-18H,11-12H2,1H3. The van der Waals surface area contributed by atoms with Crippen molar-refractivity contribution in [3.8, 4) is 0 Å². The third-order valence-corrected chi connectivity index (χ3v) is 6.86. The molecule has 7 heteroatoms. The van der Waals surface area contributed by atoms with Gasteiger partial charge >= 0.3 is 0 Å². The van der Waals surface area contributed by atoms with Crippen molar-refractivity contribution in [2.24, 2.45) is 5.92 Å². The quantitative estimate of drug-likeness (QED) is 0.853. The van der Waals surface area contributed by atoms with E-state index in [0.717, 1.165) is 24.7 Å². The molecule has 0 amide bonds. The lowest BCUT2D eigenvalue weighted by atomic mass is 10.0. The maximum absolute atomic E-state index is 12.8. The molecule has 0 aliphatic heterocycles. The lowest BCUT2D eigenvalue weighted by Gasteiger charge is -2.19. The molecule has 2 aromatic rings. The molecule has 1 fully saturated rings. The topological polar surface area (TPSA) is 80.3 Å². The van der Waals surface area contributed by atoms with E-state index in [1.165, 1.54) is 24.3 Å². The van der Waals surface area contributed by atoms with Crippen LogP contribution in [0.5, 0.6) is 0 Å². The van der Waals surface area contributed by atoms with Crippen molar-refractivity contribution < 1.29 is 16.8 Å². The SMILES string of the molecule is CS(=O)(=O)c1ccccc1S(=O)(=O)NC(c1ccccc1)C1CC1. The van der Waals surface area contributed by atoms with Crippen LogP contribution in [0.4, 0.5) is 0 Å². The number of nitrogens with one attached hydrogen (secondary N) is 1. The molecule has 1 saturated carbocycles. The van der Waals surface area contributed by atoms with Gasteiger partial charge in [0.05, 0.1) is 4.90 Å². The van der Waals surface area contributed by atoms with Gasteiger partial charge in [0.25, 0.3) is 0 Å². The van der Waals surface area contributed by atoms with E-state index in [1.807, 2.05) is 30.3 Å². The van der Waals surface area contributed by atoms with E-state index < -0.39 is 19.9 Å². The van der Waals surface area contributed by atoms with Crippen LogP contribution >= 0.6 is 0 Å². The van der Waals surface area contributed by atoms with Crippen molar-refractivity contribution in [1.82, 2.24) is 4.72 Å². The summed E-state index contributed by atoms with van der Waals surface area (Å²) in [5, 5.41) is 0. The van der Waals surface area contributed by atoms with Crippen LogP contribution in [0.15, 0.2) is 64.4 Å². The van der Waals surface area contributed by atoms with Gasteiger partial charge in [-0.05, 0) is 36.5 Å². The fourth-order valence-corrected chi connectivity index (χ4v) is 5.66. The summed E-state index contributed by atoms with van der Waals surface area (Å²) in [7, 11) is -7.60. The average molecular weight is 365 g/mol. The molecular weight excluding hydrogens is 346 g/mol. The summed E-state index contributed by atoms with van der Waals surface area (Å²) in [6, 6.07) is 14.7. The first kappa shape index (κ1) is 17.1. The van der Waals surface area contributed by atoms with Crippen LogP contribution in [-0.2, 0) is 19.9 Å². The molecule has 0 spiro atoms. The van der Waals surface area contributed by atoms with Crippen LogP contribution in [-0.4, -0.2) is 23.1 Å². The summed E-state index contributed by atoms with van der Waals surface area (Å²) >= 11 is 0. The van der Waals surface area contributed by atoms with Crippen molar-refractivity contribution in [3.05, 3.63) is 60.2 Å². The van der Waals surface area contributed by atoms with Crippen LogP contribution in [0.1, 0.15) is 24.4 Å². The highest BCUT2D eigenvalue weighted by molar-refractivity contribution is 7.93. The molecule has 0 aromatic heterocycles. The van der Waals surface area contributed by atoms with Gasteiger partial charge in [-0.15, -0.1) is 0 Å². The van der Waals surface area contributed by atoms with Crippen molar-refractivity contribution >= 4 is 19.9 Å². The van der Waals surface area contributed by atoms with Gasteiger partial charge in [-0.3, -0.25) is 0 Å². The highest BCUT2D eigenvalue weighted by Gasteiger charge is 2.36. The van der Waals surface area contributed by atoms with Crippen LogP contribution in [0.3, 0.4) is 0 Å². The fraction of sp³-hybridized carbons (Fsp3) is 0.294. The minimum atomic E-state index is -3.96. The molecule has 0 saturated heterocycles. The van der Waals surface area contributed by atoms with E-state index in [0.29, 0.717) is 0 Å². The molecule has 1 aliphatic rings. The molecule has 1 atom stereocenters. The Bertz CT molecular complexity index is 934. The maximum atomic E-state index is 12.8. The molecule has 0 radical (unpaired) electrons. The molecule has 2 aromatic carbocycles. The van der Waals surface area contributed by atoms with Crippen molar-refractivity contribution in [1.29, 1.82) is 0 Å². The van der Waals surface area contributed by atoms with Gasteiger partial charge in [0.15, 0.2) is 9.84 Å². The van der Waals surface area contributed by atoms with Crippen LogP contribution in [0.2, 0.25) is 0 Å². The molecule has 5 nitrogen and oxygen atoms in total. The minimum absolute atomic E-state index is 0.180. The predicted octanol–water partition coefficient (Wildman–Crippen LogP) is 2.52. The Morgan fingerprint density at radius 2 is 1.42 bits per heavy atom. The lowest BCUT2D eigenvalue weighted by Crippen LogP contribution is -2.31. The number of hydrogen-bond acceptors (Lipinski definition) is 4. The summed E-state index contributed by atoms with van der Waals surface area (Å²) in [4.78, 5) is -0.380. The zero-order chi connectivity index (χ0) is 17.4. The molecule has 0 bridgehead atoms. The van der Waals surface area contributed by atoms with E-state index in [-0.39, 0.29) is 21.8 Å². The Balaban J connectivity index is 2.00. The van der Waals surface area contributed by atoms with Gasteiger partial charge in [-0.25, -0.2) is 21.6 Å². The molecular formula is C17H19NO4S2. The van der Waals surface area contributed by atoms with Crippen LogP contribution in [0.25, 0.3) is 0 Å². The maximum Gasteiger partial charge on any atom is 0.242 e. The number of rotatable bonds is 6. The summed E-state index contributed by atoms with van der Waals surface area (Å²) in [6.07, 6.45) is 2.92. The Hall–Kier alpha value is -1.70. The third kappa shape index (κ3) is 3.68. The monoisotopic (exact) mass is 365 g/mol. The minimum Gasteiger partial charge on any atom is -0.224 e. The van der Waals surface area contributed by atoms with Gasteiger partial charge in [-0.2, -0.15) is 0 Å². The molecule has 1 N–H and O–H groups in total. The Morgan fingerprint density at radius 3 is 1.96 bits per heavy atom. The summed E-state index contributed by atoms with van der Waals surface area (Å²) in [6.45, 7) is 0. The lowest BCUT2D eigenvalue weighted by molar-refractivity contribution is 0.526. The van der Waals surface area contributed by atoms with E-state index in [4.69, 9.17) is 0 Å². The molecule has 1 unspecified atom stereocenters. The summed E-state index contributed by atoms with van der Waals surface area (Å²) in [5.74, 6) is 0.243. The second-order valence-electron chi connectivity index (χ2n) is 6.07. The van der Waals surface area contributed by atoms with E-state index in [9.17, 15) is 16.8 Å². The Labute approximate surface area is 142 Å². The number of benzene rings is 2. The molecule has 3 rings (SSSR count). The van der Waals surface area contributed by atoms with Crippen LogP contribution in [0, 0.1) is 5.92 Å². The largest absolute Gasteiger partial charge is 0.242 e. The van der Waals surface area contributed by atoms with Crippen molar-refractivity contribution in [3.63, 3.8) is 0 Å². The second kappa shape index (κ2) is 6.31.